The van der Waals surface area contributed by atoms with Crippen LogP contribution in [0.2, 0.25) is 0 Å². The Bertz CT molecular complexity index is 945. The molecular formula is C19H15BrN4OS. The van der Waals surface area contributed by atoms with Gasteiger partial charge < -0.3 is 10.3 Å². The van der Waals surface area contributed by atoms with Crippen molar-refractivity contribution < 1.29 is 4.79 Å². The number of H-pyrrole nitrogens is 1. The summed E-state index contributed by atoms with van der Waals surface area (Å²) in [6.07, 6.45) is 1.76. The van der Waals surface area contributed by atoms with Crippen molar-refractivity contribution in [2.45, 2.75) is 17.3 Å². The number of nitriles is 1. The smallest absolute Gasteiger partial charge is 0.237 e. The van der Waals surface area contributed by atoms with Crippen LogP contribution in [0, 0.1) is 11.3 Å². The van der Waals surface area contributed by atoms with Crippen LogP contribution in [0.15, 0.2) is 64.4 Å². The number of hydrogen-bond acceptors (Lipinski definition) is 4. The van der Waals surface area contributed by atoms with E-state index in [1.165, 1.54) is 11.8 Å². The molecule has 0 aliphatic carbocycles. The van der Waals surface area contributed by atoms with Crippen molar-refractivity contribution in [3.05, 3.63) is 64.8 Å². The Balaban J connectivity index is 1.62. The van der Waals surface area contributed by atoms with E-state index >= 15 is 0 Å². The number of carbonyl (C=O) groups excluding carboxylic acids is 1. The first-order valence-electron chi connectivity index (χ1n) is 7.84. The third kappa shape index (κ3) is 4.54. The highest BCUT2D eigenvalue weighted by molar-refractivity contribution is 9.10. The summed E-state index contributed by atoms with van der Waals surface area (Å²) in [5.74, 6) is -0.124. The number of imidazole rings is 1. The lowest BCUT2D eigenvalue weighted by molar-refractivity contribution is -0.115. The maximum atomic E-state index is 12.3. The van der Waals surface area contributed by atoms with E-state index in [1.807, 2.05) is 37.3 Å². The minimum atomic E-state index is -0.324. The average Bonchev–Trinajstić information content (AvgIpc) is 3.11. The van der Waals surface area contributed by atoms with Gasteiger partial charge in [-0.3, -0.25) is 4.79 Å². The highest BCUT2D eigenvalue weighted by atomic mass is 79.9. The minimum absolute atomic E-state index is 0.124. The van der Waals surface area contributed by atoms with Gasteiger partial charge in [0.2, 0.25) is 5.91 Å². The maximum absolute atomic E-state index is 12.3. The fraction of sp³-hybridized carbons (Fsp3) is 0.105. The van der Waals surface area contributed by atoms with E-state index in [1.54, 1.807) is 30.5 Å². The van der Waals surface area contributed by atoms with Gasteiger partial charge in [0, 0.05) is 10.2 Å². The van der Waals surface area contributed by atoms with E-state index in [9.17, 15) is 4.79 Å². The molecule has 1 amide bonds. The van der Waals surface area contributed by atoms with E-state index in [4.69, 9.17) is 5.26 Å². The lowest BCUT2D eigenvalue weighted by atomic mass is 10.2. The molecule has 1 atom stereocenters. The van der Waals surface area contributed by atoms with Gasteiger partial charge >= 0.3 is 0 Å². The van der Waals surface area contributed by atoms with Crippen molar-refractivity contribution in [3.8, 4) is 17.3 Å². The number of aromatic amines is 1. The van der Waals surface area contributed by atoms with Gasteiger partial charge in [-0.05, 0) is 48.9 Å². The summed E-state index contributed by atoms with van der Waals surface area (Å²) in [5.41, 5.74) is 3.15. The lowest BCUT2D eigenvalue weighted by Crippen LogP contribution is -2.22. The molecule has 1 unspecified atom stereocenters. The third-order valence-electron chi connectivity index (χ3n) is 3.65. The fourth-order valence-corrected chi connectivity index (χ4v) is 3.28. The Hall–Kier alpha value is -2.56. The number of amides is 1. The molecule has 0 radical (unpaired) electrons. The third-order valence-corrected chi connectivity index (χ3v) is 5.17. The van der Waals surface area contributed by atoms with Crippen LogP contribution in [0.1, 0.15) is 12.5 Å². The Morgan fingerprint density at radius 3 is 2.58 bits per heavy atom. The Kier molecular flexibility index (Phi) is 5.76. The van der Waals surface area contributed by atoms with Crippen LogP contribution in [-0.2, 0) is 4.79 Å². The van der Waals surface area contributed by atoms with Crippen LogP contribution >= 0.6 is 27.7 Å². The topological polar surface area (TPSA) is 81.6 Å². The monoisotopic (exact) mass is 426 g/mol. The summed E-state index contributed by atoms with van der Waals surface area (Å²) in [5, 5.41) is 12.0. The zero-order valence-corrected chi connectivity index (χ0v) is 16.3. The van der Waals surface area contributed by atoms with Gasteiger partial charge in [-0.2, -0.15) is 5.26 Å². The van der Waals surface area contributed by atoms with Crippen molar-refractivity contribution in [1.29, 1.82) is 5.26 Å². The molecule has 1 aromatic heterocycles. The van der Waals surface area contributed by atoms with Crippen molar-refractivity contribution in [3.63, 3.8) is 0 Å². The van der Waals surface area contributed by atoms with Crippen LogP contribution in [0.25, 0.3) is 11.3 Å². The van der Waals surface area contributed by atoms with Crippen molar-refractivity contribution in [2.75, 3.05) is 5.32 Å². The number of halogens is 1. The van der Waals surface area contributed by atoms with E-state index in [2.05, 4.69) is 31.2 Å². The van der Waals surface area contributed by atoms with E-state index in [0.29, 0.717) is 16.4 Å². The van der Waals surface area contributed by atoms with Crippen LogP contribution in [0.3, 0.4) is 0 Å². The normalized spacial score (nSPS) is 11.6. The number of anilines is 1. The lowest BCUT2D eigenvalue weighted by Gasteiger charge is -2.10. The van der Waals surface area contributed by atoms with E-state index in [0.717, 1.165) is 15.7 Å². The minimum Gasteiger partial charge on any atom is -0.333 e. The molecule has 0 saturated carbocycles. The summed E-state index contributed by atoms with van der Waals surface area (Å²) < 4.78 is 1.02. The Morgan fingerprint density at radius 1 is 1.23 bits per heavy atom. The standard InChI is InChI=1S/C19H15BrN4OS/c1-12(18(25)23-16-8-2-13(10-21)3-9-16)26-19-22-11-17(24-19)14-4-6-15(20)7-5-14/h2-9,11-12H,1H3,(H,22,24)(H,23,25). The van der Waals surface area contributed by atoms with Gasteiger partial charge in [0.25, 0.3) is 0 Å². The molecule has 0 saturated heterocycles. The zero-order valence-electron chi connectivity index (χ0n) is 13.9. The van der Waals surface area contributed by atoms with Crippen molar-refractivity contribution >= 4 is 39.3 Å². The first kappa shape index (κ1) is 18.2. The maximum Gasteiger partial charge on any atom is 0.237 e. The molecule has 2 aromatic carbocycles. The quantitative estimate of drug-likeness (QED) is 0.572. The molecule has 0 aliphatic rings. The number of benzene rings is 2. The second-order valence-corrected chi connectivity index (χ2v) is 7.79. The largest absolute Gasteiger partial charge is 0.333 e. The molecule has 1 heterocycles. The molecule has 0 aliphatic heterocycles. The summed E-state index contributed by atoms with van der Waals surface area (Å²) in [7, 11) is 0. The molecule has 0 fully saturated rings. The van der Waals surface area contributed by atoms with Crippen molar-refractivity contribution in [1.82, 2.24) is 9.97 Å². The van der Waals surface area contributed by atoms with E-state index < -0.39 is 0 Å². The molecule has 0 spiro atoms. The molecule has 130 valence electrons. The van der Waals surface area contributed by atoms with E-state index in [-0.39, 0.29) is 11.2 Å². The summed E-state index contributed by atoms with van der Waals surface area (Å²) in [4.78, 5) is 19.9. The van der Waals surface area contributed by atoms with Crippen LogP contribution < -0.4 is 5.32 Å². The number of nitrogens with one attached hydrogen (secondary N) is 2. The predicted molar refractivity (Wildman–Crippen MR) is 107 cm³/mol. The van der Waals surface area contributed by atoms with Gasteiger partial charge in [-0.1, -0.05) is 39.8 Å². The van der Waals surface area contributed by atoms with Gasteiger partial charge in [0.05, 0.1) is 28.8 Å². The number of carbonyl (C=O) groups is 1. The van der Waals surface area contributed by atoms with Crippen LogP contribution in [-0.4, -0.2) is 21.1 Å². The number of hydrogen-bond donors (Lipinski definition) is 2. The first-order valence-corrected chi connectivity index (χ1v) is 9.51. The Labute approximate surface area is 164 Å². The molecule has 2 N–H and O–H groups in total. The fourth-order valence-electron chi connectivity index (χ4n) is 2.23. The van der Waals surface area contributed by atoms with Gasteiger partial charge in [-0.15, -0.1) is 0 Å². The molecule has 3 rings (SSSR count). The number of thioether (sulfide) groups is 1. The molecule has 0 bridgehead atoms. The van der Waals surface area contributed by atoms with Gasteiger partial charge in [-0.25, -0.2) is 4.98 Å². The molecule has 7 heteroatoms. The SMILES string of the molecule is CC(Sc1ncc(-c2ccc(Br)cc2)[nH]1)C(=O)Nc1ccc(C#N)cc1. The molecule has 5 nitrogen and oxygen atoms in total. The summed E-state index contributed by atoms with van der Waals surface area (Å²) >= 11 is 4.77. The second-order valence-electron chi connectivity index (χ2n) is 5.55. The molecular weight excluding hydrogens is 412 g/mol. The predicted octanol–water partition coefficient (Wildman–Crippen LogP) is 4.83. The van der Waals surface area contributed by atoms with Crippen LogP contribution in [0.5, 0.6) is 0 Å². The summed E-state index contributed by atoms with van der Waals surface area (Å²) in [6.45, 7) is 1.82. The molecule has 26 heavy (non-hydrogen) atoms. The average molecular weight is 427 g/mol. The first-order chi connectivity index (χ1) is 12.5. The van der Waals surface area contributed by atoms with Crippen molar-refractivity contribution in [2.24, 2.45) is 0 Å². The second kappa shape index (κ2) is 8.21. The number of rotatable bonds is 5. The Morgan fingerprint density at radius 2 is 1.92 bits per heavy atom. The highest BCUT2D eigenvalue weighted by Gasteiger charge is 2.16. The zero-order chi connectivity index (χ0) is 18.5. The molecule has 3 aromatic rings. The number of nitrogens with zero attached hydrogens (tertiary/aromatic N) is 2. The van der Waals surface area contributed by atoms with Gasteiger partial charge in [0.15, 0.2) is 5.16 Å². The summed E-state index contributed by atoms with van der Waals surface area (Å²) in [6, 6.07) is 16.7. The van der Waals surface area contributed by atoms with Crippen LogP contribution in [0.4, 0.5) is 5.69 Å². The number of aromatic nitrogens is 2. The van der Waals surface area contributed by atoms with Gasteiger partial charge in [0.1, 0.15) is 0 Å². The highest BCUT2D eigenvalue weighted by Crippen LogP contribution is 2.26.